The number of nitrogens with one attached hydrogen (secondary N) is 1. The first-order chi connectivity index (χ1) is 10.7. The molecule has 0 fully saturated rings. The molecule has 6 nitrogen and oxygen atoms in total. The van der Waals surface area contributed by atoms with Gasteiger partial charge in [-0.3, -0.25) is 4.98 Å². The molecule has 0 aliphatic heterocycles. The molecule has 0 amide bonds. The Morgan fingerprint density at radius 2 is 1.82 bits per heavy atom. The fourth-order valence-electron chi connectivity index (χ4n) is 1.83. The molecule has 1 aromatic carbocycles. The highest BCUT2D eigenvalue weighted by Crippen LogP contribution is 2.25. The highest BCUT2D eigenvalue weighted by molar-refractivity contribution is 6.29. The fraction of sp³-hybridized carbons (Fsp3) is 0. The first-order valence-electron chi connectivity index (χ1n) is 6.44. The van der Waals surface area contributed by atoms with E-state index in [1.54, 1.807) is 30.6 Å². The number of hydrogen-bond donors (Lipinski definition) is 2. The summed E-state index contributed by atoms with van der Waals surface area (Å²) in [7, 11) is 0. The number of halogens is 1. The van der Waals surface area contributed by atoms with E-state index >= 15 is 0 Å². The van der Waals surface area contributed by atoms with Crippen LogP contribution >= 0.6 is 11.6 Å². The molecule has 22 heavy (non-hydrogen) atoms. The number of ether oxygens (including phenoxy) is 1. The van der Waals surface area contributed by atoms with E-state index in [2.05, 4.69) is 20.3 Å². The van der Waals surface area contributed by atoms with E-state index in [4.69, 9.17) is 22.1 Å². The molecule has 3 rings (SSSR count). The summed E-state index contributed by atoms with van der Waals surface area (Å²) in [4.78, 5) is 11.8. The minimum atomic E-state index is 0.110. The van der Waals surface area contributed by atoms with E-state index in [9.17, 15) is 0 Å². The molecule has 0 spiro atoms. The number of pyridine rings is 1. The maximum Gasteiger partial charge on any atom is 0.223 e. The van der Waals surface area contributed by atoms with Gasteiger partial charge in [-0.05, 0) is 24.3 Å². The van der Waals surface area contributed by atoms with Gasteiger partial charge in [0.2, 0.25) is 5.95 Å². The Hall–Kier alpha value is -2.86. The van der Waals surface area contributed by atoms with Crippen LogP contribution in [0, 0.1) is 0 Å². The van der Waals surface area contributed by atoms with Gasteiger partial charge in [0.25, 0.3) is 0 Å². The number of anilines is 3. The van der Waals surface area contributed by atoms with Crippen LogP contribution in [0.5, 0.6) is 11.5 Å². The summed E-state index contributed by atoms with van der Waals surface area (Å²) >= 11 is 5.85. The quantitative estimate of drug-likeness (QED) is 0.715. The minimum absolute atomic E-state index is 0.110. The molecule has 7 heteroatoms. The largest absolute Gasteiger partial charge is 0.457 e. The van der Waals surface area contributed by atoms with Crippen molar-refractivity contribution in [1.29, 1.82) is 0 Å². The highest BCUT2D eigenvalue weighted by Gasteiger charge is 2.03. The van der Waals surface area contributed by atoms with Crippen LogP contribution < -0.4 is 15.8 Å². The van der Waals surface area contributed by atoms with Crippen LogP contribution in [0.3, 0.4) is 0 Å². The maximum absolute atomic E-state index is 5.85. The molecule has 0 atom stereocenters. The number of rotatable bonds is 4. The van der Waals surface area contributed by atoms with Crippen LogP contribution in [0.25, 0.3) is 0 Å². The van der Waals surface area contributed by atoms with E-state index in [-0.39, 0.29) is 11.1 Å². The lowest BCUT2D eigenvalue weighted by molar-refractivity contribution is 0.482. The van der Waals surface area contributed by atoms with Gasteiger partial charge < -0.3 is 15.8 Å². The number of nitrogens with two attached hydrogens (primary N) is 1. The number of nitrogen functional groups attached to an aromatic ring is 1. The third kappa shape index (κ3) is 3.62. The molecule has 0 saturated carbocycles. The van der Waals surface area contributed by atoms with E-state index < -0.39 is 0 Å². The zero-order chi connectivity index (χ0) is 15.4. The van der Waals surface area contributed by atoms with Crippen LogP contribution in [0.1, 0.15) is 0 Å². The van der Waals surface area contributed by atoms with Crippen molar-refractivity contribution in [2.75, 3.05) is 11.1 Å². The summed E-state index contributed by atoms with van der Waals surface area (Å²) in [5, 5.41) is 3.38. The van der Waals surface area contributed by atoms with Gasteiger partial charge in [0.1, 0.15) is 22.5 Å². The van der Waals surface area contributed by atoms with Gasteiger partial charge in [-0.1, -0.05) is 17.7 Å². The average molecular weight is 314 g/mol. The second-order valence-corrected chi connectivity index (χ2v) is 4.76. The van der Waals surface area contributed by atoms with Gasteiger partial charge in [-0.2, -0.15) is 4.98 Å². The van der Waals surface area contributed by atoms with Crippen molar-refractivity contribution < 1.29 is 4.74 Å². The first kappa shape index (κ1) is 14.1. The fourth-order valence-corrected chi connectivity index (χ4v) is 2.02. The van der Waals surface area contributed by atoms with Gasteiger partial charge >= 0.3 is 0 Å². The summed E-state index contributed by atoms with van der Waals surface area (Å²) in [6.45, 7) is 0. The van der Waals surface area contributed by atoms with Crippen LogP contribution in [0.4, 0.5) is 17.5 Å². The molecule has 0 radical (unpaired) electrons. The molecular weight excluding hydrogens is 302 g/mol. The zero-order valence-corrected chi connectivity index (χ0v) is 12.2. The molecule has 0 aliphatic carbocycles. The monoisotopic (exact) mass is 313 g/mol. The maximum atomic E-state index is 5.85. The Bertz CT molecular complexity index is 762. The summed E-state index contributed by atoms with van der Waals surface area (Å²) in [5.41, 5.74) is 6.36. The van der Waals surface area contributed by atoms with Crippen molar-refractivity contribution in [3.05, 3.63) is 60.0 Å². The third-order valence-electron chi connectivity index (χ3n) is 2.70. The van der Waals surface area contributed by atoms with E-state index in [0.29, 0.717) is 17.3 Å². The highest BCUT2D eigenvalue weighted by atomic mass is 35.5. The van der Waals surface area contributed by atoms with Crippen LogP contribution in [-0.4, -0.2) is 15.0 Å². The Balaban J connectivity index is 1.79. The van der Waals surface area contributed by atoms with Gasteiger partial charge in [-0.15, -0.1) is 0 Å². The van der Waals surface area contributed by atoms with Crippen molar-refractivity contribution >= 4 is 29.1 Å². The van der Waals surface area contributed by atoms with Crippen LogP contribution in [0.15, 0.2) is 54.9 Å². The zero-order valence-electron chi connectivity index (χ0n) is 11.4. The molecule has 0 bridgehead atoms. The van der Waals surface area contributed by atoms with Gasteiger partial charge in [0.05, 0.1) is 0 Å². The molecule has 2 heterocycles. The van der Waals surface area contributed by atoms with Crippen LogP contribution in [0.2, 0.25) is 5.15 Å². The summed E-state index contributed by atoms with van der Waals surface area (Å²) in [6, 6.07) is 12.6. The number of nitrogens with zero attached hydrogens (tertiary/aromatic N) is 3. The smallest absolute Gasteiger partial charge is 0.223 e. The lowest BCUT2D eigenvalue weighted by atomic mass is 10.3. The average Bonchev–Trinajstić information content (AvgIpc) is 2.47. The van der Waals surface area contributed by atoms with E-state index in [0.717, 1.165) is 5.69 Å². The van der Waals surface area contributed by atoms with Crippen molar-refractivity contribution in [3.63, 3.8) is 0 Å². The van der Waals surface area contributed by atoms with Gasteiger partial charge in [0, 0.05) is 30.2 Å². The predicted octanol–water partition coefficient (Wildman–Crippen LogP) is 3.64. The first-order valence-corrected chi connectivity index (χ1v) is 6.82. The second-order valence-electron chi connectivity index (χ2n) is 4.37. The van der Waals surface area contributed by atoms with Crippen molar-refractivity contribution in [1.82, 2.24) is 15.0 Å². The molecule has 3 aromatic rings. The Labute approximate surface area is 132 Å². The summed E-state index contributed by atoms with van der Waals surface area (Å²) < 4.78 is 5.74. The Morgan fingerprint density at radius 3 is 2.59 bits per heavy atom. The van der Waals surface area contributed by atoms with Gasteiger partial charge in [0.15, 0.2) is 0 Å². The van der Waals surface area contributed by atoms with Crippen LogP contribution in [-0.2, 0) is 0 Å². The lowest BCUT2D eigenvalue weighted by Gasteiger charge is -2.09. The van der Waals surface area contributed by atoms with E-state index in [1.165, 1.54) is 0 Å². The SMILES string of the molecule is Nc1nc(Cl)cc(Nc2cccc(Oc3ccncc3)c2)n1. The molecule has 2 aromatic heterocycles. The molecule has 0 unspecified atom stereocenters. The van der Waals surface area contributed by atoms with Crippen molar-refractivity contribution in [3.8, 4) is 11.5 Å². The van der Waals surface area contributed by atoms with Crippen molar-refractivity contribution in [2.45, 2.75) is 0 Å². The molecule has 0 aliphatic rings. The van der Waals surface area contributed by atoms with E-state index in [1.807, 2.05) is 24.3 Å². The Morgan fingerprint density at radius 1 is 1.00 bits per heavy atom. The number of aromatic nitrogens is 3. The predicted molar refractivity (Wildman–Crippen MR) is 85.5 cm³/mol. The molecular formula is C15H12ClN5O. The third-order valence-corrected chi connectivity index (χ3v) is 2.90. The topological polar surface area (TPSA) is 86.0 Å². The number of hydrogen-bond acceptors (Lipinski definition) is 6. The second kappa shape index (κ2) is 6.28. The van der Waals surface area contributed by atoms with Gasteiger partial charge in [-0.25, -0.2) is 4.98 Å². The minimum Gasteiger partial charge on any atom is -0.457 e. The normalized spacial score (nSPS) is 10.2. The molecule has 0 saturated heterocycles. The standard InChI is InChI=1S/C15H12ClN5O/c16-13-9-14(21-15(17)20-13)19-10-2-1-3-12(8-10)22-11-4-6-18-7-5-11/h1-9H,(H3,17,19,20,21). The molecule has 3 N–H and O–H groups in total. The number of benzene rings is 1. The molecule has 110 valence electrons. The Kier molecular flexibility index (Phi) is 4.02. The lowest BCUT2D eigenvalue weighted by Crippen LogP contribution is -2.00. The summed E-state index contributed by atoms with van der Waals surface area (Å²) in [5.74, 6) is 2.02. The van der Waals surface area contributed by atoms with Crippen molar-refractivity contribution in [2.24, 2.45) is 0 Å². The summed E-state index contributed by atoms with van der Waals surface area (Å²) in [6.07, 6.45) is 3.34.